The topological polar surface area (TPSA) is 53.6 Å². The Morgan fingerprint density at radius 3 is 2.81 bits per heavy atom. The number of rotatable bonds is 4. The van der Waals surface area contributed by atoms with E-state index >= 15 is 0 Å². The van der Waals surface area contributed by atoms with Gasteiger partial charge in [-0.2, -0.15) is 5.10 Å². The van der Waals surface area contributed by atoms with Crippen LogP contribution in [0.4, 0.5) is 0 Å². The Hall–Kier alpha value is -1.20. The molecule has 0 saturated heterocycles. The average Bonchev–Trinajstić information content (AvgIpc) is 2.67. The molecule has 0 fully saturated rings. The van der Waals surface area contributed by atoms with Gasteiger partial charge in [0, 0.05) is 11.0 Å². The van der Waals surface area contributed by atoms with E-state index in [2.05, 4.69) is 42.5 Å². The summed E-state index contributed by atoms with van der Waals surface area (Å²) in [6, 6.07) is 8.15. The fourth-order valence-corrected chi connectivity index (χ4v) is 1.84. The molecule has 84 valence electrons. The zero-order valence-corrected chi connectivity index (χ0v) is 10.6. The molecule has 1 aromatic heterocycles. The van der Waals surface area contributed by atoms with Gasteiger partial charge in [-0.1, -0.05) is 34.1 Å². The molecule has 0 aliphatic rings. The lowest BCUT2D eigenvalue weighted by molar-refractivity contribution is 0.663. The van der Waals surface area contributed by atoms with Crippen LogP contribution >= 0.6 is 15.9 Å². The third-order valence-electron chi connectivity index (χ3n) is 2.20. The molecule has 4 nitrogen and oxygen atoms in total. The van der Waals surface area contributed by atoms with E-state index in [9.17, 15) is 0 Å². The van der Waals surface area contributed by atoms with Crippen LogP contribution in [0, 0.1) is 6.92 Å². The number of aryl methyl sites for hydroxylation is 1. The summed E-state index contributed by atoms with van der Waals surface area (Å²) in [5.41, 5.74) is 1.23. The summed E-state index contributed by atoms with van der Waals surface area (Å²) in [6.45, 7) is 3.37. The predicted molar refractivity (Wildman–Crippen MR) is 65.8 cm³/mol. The molecule has 0 amide bonds. The minimum Gasteiger partial charge on any atom is -0.306 e. The first-order valence-electron chi connectivity index (χ1n) is 5.07. The lowest BCUT2D eigenvalue weighted by atomic mass is 10.2. The zero-order valence-electron chi connectivity index (χ0n) is 9.00. The van der Waals surface area contributed by atoms with Gasteiger partial charge in [0.1, 0.15) is 5.82 Å². The Morgan fingerprint density at radius 2 is 2.12 bits per heavy atom. The Morgan fingerprint density at radius 1 is 1.31 bits per heavy atom. The van der Waals surface area contributed by atoms with Crippen molar-refractivity contribution >= 4 is 15.9 Å². The molecule has 2 N–H and O–H groups in total. The van der Waals surface area contributed by atoms with Crippen LogP contribution in [0.3, 0.4) is 0 Å². The Balaban J connectivity index is 1.87. The summed E-state index contributed by atoms with van der Waals surface area (Å²) >= 11 is 3.51. The van der Waals surface area contributed by atoms with Gasteiger partial charge >= 0.3 is 0 Å². The second-order valence-corrected chi connectivity index (χ2v) is 4.39. The van der Waals surface area contributed by atoms with E-state index in [-0.39, 0.29) is 0 Å². The largest absolute Gasteiger partial charge is 0.306 e. The summed E-state index contributed by atoms with van der Waals surface area (Å²) in [4.78, 5) is 4.22. The van der Waals surface area contributed by atoms with Crippen molar-refractivity contribution in [3.63, 3.8) is 0 Å². The zero-order chi connectivity index (χ0) is 11.4. The first kappa shape index (κ1) is 11.3. The van der Waals surface area contributed by atoms with Gasteiger partial charge in [-0.05, 0) is 18.6 Å². The molecule has 0 radical (unpaired) electrons. The highest BCUT2D eigenvalue weighted by Gasteiger charge is 2.00. The van der Waals surface area contributed by atoms with Crippen LogP contribution in [-0.4, -0.2) is 15.2 Å². The molecule has 1 heterocycles. The molecule has 2 rings (SSSR count). The van der Waals surface area contributed by atoms with E-state index in [1.54, 1.807) is 0 Å². The molecule has 16 heavy (non-hydrogen) atoms. The summed E-state index contributed by atoms with van der Waals surface area (Å²) in [5.74, 6) is 1.64. The number of aromatic amines is 1. The third kappa shape index (κ3) is 2.90. The van der Waals surface area contributed by atoms with Gasteiger partial charge in [-0.25, -0.2) is 4.98 Å². The van der Waals surface area contributed by atoms with Crippen molar-refractivity contribution in [3.8, 4) is 0 Å². The third-order valence-corrected chi connectivity index (χ3v) is 2.97. The van der Waals surface area contributed by atoms with Crippen molar-refractivity contribution < 1.29 is 0 Å². The van der Waals surface area contributed by atoms with E-state index < -0.39 is 0 Å². The van der Waals surface area contributed by atoms with E-state index in [4.69, 9.17) is 0 Å². The van der Waals surface area contributed by atoms with Crippen LogP contribution in [0.2, 0.25) is 0 Å². The molecule has 0 aliphatic carbocycles. The Bertz CT molecular complexity index is 467. The highest BCUT2D eigenvalue weighted by molar-refractivity contribution is 9.10. The van der Waals surface area contributed by atoms with Crippen LogP contribution in [0.5, 0.6) is 0 Å². The Labute approximate surface area is 103 Å². The number of nitrogens with zero attached hydrogens (tertiary/aromatic N) is 2. The molecular formula is C11H13BrN4. The van der Waals surface area contributed by atoms with Gasteiger partial charge in [-0.15, -0.1) is 0 Å². The summed E-state index contributed by atoms with van der Waals surface area (Å²) in [7, 11) is 0. The molecule has 0 spiro atoms. The molecule has 1 aromatic carbocycles. The quantitative estimate of drug-likeness (QED) is 0.903. The minimum atomic E-state index is 0.672. The Kier molecular flexibility index (Phi) is 3.69. The highest BCUT2D eigenvalue weighted by atomic mass is 79.9. The number of nitrogens with one attached hydrogen (secondary N) is 2. The van der Waals surface area contributed by atoms with Crippen LogP contribution in [0.15, 0.2) is 28.7 Å². The summed E-state index contributed by atoms with van der Waals surface area (Å²) in [5, 5.41) is 10.2. The van der Waals surface area contributed by atoms with E-state index in [1.807, 2.05) is 25.1 Å². The number of H-pyrrole nitrogens is 1. The predicted octanol–water partition coefficient (Wildman–Crippen LogP) is 2.17. The van der Waals surface area contributed by atoms with Crippen LogP contribution in [-0.2, 0) is 13.1 Å². The number of benzene rings is 1. The number of hydrogen-bond acceptors (Lipinski definition) is 3. The maximum Gasteiger partial charge on any atom is 0.164 e. The lowest BCUT2D eigenvalue weighted by Crippen LogP contribution is -2.14. The van der Waals surface area contributed by atoms with Gasteiger partial charge in [0.05, 0.1) is 6.54 Å². The second kappa shape index (κ2) is 5.23. The van der Waals surface area contributed by atoms with Crippen LogP contribution in [0.1, 0.15) is 17.2 Å². The van der Waals surface area contributed by atoms with Crippen LogP contribution in [0.25, 0.3) is 0 Å². The molecule has 0 bridgehead atoms. The molecular weight excluding hydrogens is 268 g/mol. The fourth-order valence-electron chi connectivity index (χ4n) is 1.42. The number of hydrogen-bond donors (Lipinski definition) is 2. The number of halogens is 1. The molecule has 0 unspecified atom stereocenters. The van der Waals surface area contributed by atoms with Gasteiger partial charge in [-0.3, -0.25) is 5.10 Å². The van der Waals surface area contributed by atoms with Gasteiger partial charge in [0.2, 0.25) is 0 Å². The van der Waals surface area contributed by atoms with Gasteiger partial charge in [0.15, 0.2) is 5.82 Å². The number of aromatic nitrogens is 3. The van der Waals surface area contributed by atoms with E-state index in [0.717, 1.165) is 22.7 Å². The van der Waals surface area contributed by atoms with Crippen molar-refractivity contribution in [2.75, 3.05) is 0 Å². The van der Waals surface area contributed by atoms with Crippen molar-refractivity contribution in [1.29, 1.82) is 0 Å². The first-order chi connectivity index (χ1) is 7.75. The molecule has 0 saturated carbocycles. The molecule has 0 atom stereocenters. The maximum atomic E-state index is 4.22. The highest BCUT2D eigenvalue weighted by Crippen LogP contribution is 2.15. The van der Waals surface area contributed by atoms with E-state index in [1.165, 1.54) is 5.56 Å². The van der Waals surface area contributed by atoms with Crippen molar-refractivity contribution in [2.45, 2.75) is 20.0 Å². The fraction of sp³-hybridized carbons (Fsp3) is 0.273. The maximum absolute atomic E-state index is 4.22. The first-order valence-corrected chi connectivity index (χ1v) is 5.87. The van der Waals surface area contributed by atoms with Crippen LogP contribution < -0.4 is 5.32 Å². The standard InChI is InChI=1S/C11H13BrN4/c1-8-14-11(16-15-8)7-13-6-9-4-2-3-5-10(9)12/h2-5,13H,6-7H2,1H3,(H,14,15,16). The summed E-state index contributed by atoms with van der Waals surface area (Å²) in [6.07, 6.45) is 0. The average molecular weight is 281 g/mol. The van der Waals surface area contributed by atoms with Crippen molar-refractivity contribution in [3.05, 3.63) is 46.0 Å². The second-order valence-electron chi connectivity index (χ2n) is 3.53. The minimum absolute atomic E-state index is 0.672. The van der Waals surface area contributed by atoms with Crippen molar-refractivity contribution in [2.24, 2.45) is 0 Å². The van der Waals surface area contributed by atoms with Gasteiger partial charge < -0.3 is 5.32 Å². The smallest absolute Gasteiger partial charge is 0.164 e. The SMILES string of the molecule is Cc1nc(CNCc2ccccc2Br)n[nH]1. The van der Waals surface area contributed by atoms with E-state index in [0.29, 0.717) is 6.54 Å². The monoisotopic (exact) mass is 280 g/mol. The summed E-state index contributed by atoms with van der Waals surface area (Å²) < 4.78 is 1.12. The van der Waals surface area contributed by atoms with Gasteiger partial charge in [0.25, 0.3) is 0 Å². The van der Waals surface area contributed by atoms with Crippen molar-refractivity contribution in [1.82, 2.24) is 20.5 Å². The molecule has 5 heteroatoms. The normalized spacial score (nSPS) is 10.6. The lowest BCUT2D eigenvalue weighted by Gasteiger charge is -2.04. The molecule has 0 aliphatic heterocycles. The molecule has 2 aromatic rings.